The summed E-state index contributed by atoms with van der Waals surface area (Å²) in [5.41, 5.74) is 11.1. The number of fused-ring (bicyclic) bond motifs is 4. The molecule has 2 nitrogen and oxygen atoms in total. The molecule has 2 heteroatoms. The molecule has 0 aliphatic rings. The van der Waals surface area contributed by atoms with E-state index in [0.29, 0.717) is 0 Å². The lowest BCUT2D eigenvalue weighted by Gasteiger charge is -2.13. The van der Waals surface area contributed by atoms with Gasteiger partial charge >= 0.3 is 0 Å². The quantitative estimate of drug-likeness (QED) is 0.181. The number of hydrogen-bond acceptors (Lipinski definition) is 2. The molecule has 1 heterocycles. The molecular weight excluding hydrogens is 581 g/mol. The first kappa shape index (κ1) is 27.9. The van der Waals surface area contributed by atoms with Crippen molar-refractivity contribution in [2.45, 2.75) is 0 Å². The summed E-state index contributed by atoms with van der Waals surface area (Å²) < 4.78 is 0. The molecular formula is C46H30N2. The van der Waals surface area contributed by atoms with Gasteiger partial charge in [-0.3, -0.25) is 0 Å². The van der Waals surface area contributed by atoms with Crippen LogP contribution in [0.4, 0.5) is 0 Å². The molecule has 0 spiro atoms. The number of benzene rings is 8. The highest BCUT2D eigenvalue weighted by Crippen LogP contribution is 2.36. The van der Waals surface area contributed by atoms with Crippen LogP contribution in [0, 0.1) is 0 Å². The standard InChI is InChI=1S/C46H30N2/c1-2-14-33(15-3-1)46-47-44(43-27-26-32-13-5-7-24-42(32)45(43)48-46)39-22-10-20-37(30-39)35-18-8-17-34(28-35)36-19-9-21-38(29-36)41-25-11-16-31-12-4-6-23-40(31)41/h1-30H. The summed E-state index contributed by atoms with van der Waals surface area (Å²) in [6.45, 7) is 0. The molecule has 0 unspecified atom stereocenters. The van der Waals surface area contributed by atoms with Crippen LogP contribution in [0.1, 0.15) is 0 Å². The average molecular weight is 611 g/mol. The van der Waals surface area contributed by atoms with Crippen molar-refractivity contribution in [3.8, 4) is 56.0 Å². The number of rotatable bonds is 5. The monoisotopic (exact) mass is 610 g/mol. The molecule has 224 valence electrons. The van der Waals surface area contributed by atoms with E-state index < -0.39 is 0 Å². The van der Waals surface area contributed by atoms with Crippen molar-refractivity contribution in [2.24, 2.45) is 0 Å². The third-order valence-corrected chi connectivity index (χ3v) is 9.25. The molecule has 0 atom stereocenters. The zero-order valence-corrected chi connectivity index (χ0v) is 26.2. The highest BCUT2D eigenvalue weighted by Gasteiger charge is 2.15. The fourth-order valence-electron chi connectivity index (χ4n) is 6.87. The molecule has 0 radical (unpaired) electrons. The SMILES string of the molecule is c1ccc(-c2nc(-c3cccc(-c4cccc(-c5cccc(-c6cccc7ccccc67)c5)c4)c3)c3ccc4ccccc4c3n2)cc1. The van der Waals surface area contributed by atoms with Crippen LogP contribution < -0.4 is 0 Å². The Hall–Kier alpha value is -6.38. The van der Waals surface area contributed by atoms with E-state index in [0.717, 1.165) is 50.1 Å². The van der Waals surface area contributed by atoms with E-state index in [-0.39, 0.29) is 0 Å². The number of nitrogens with zero attached hydrogens (tertiary/aromatic N) is 2. The van der Waals surface area contributed by atoms with Crippen LogP contribution in [0.3, 0.4) is 0 Å². The predicted molar refractivity (Wildman–Crippen MR) is 202 cm³/mol. The van der Waals surface area contributed by atoms with Crippen LogP contribution in [0.5, 0.6) is 0 Å². The van der Waals surface area contributed by atoms with Gasteiger partial charge in [-0.2, -0.15) is 0 Å². The summed E-state index contributed by atoms with van der Waals surface area (Å²) in [6.07, 6.45) is 0. The highest BCUT2D eigenvalue weighted by atomic mass is 14.9. The molecule has 0 saturated carbocycles. The van der Waals surface area contributed by atoms with Gasteiger partial charge in [0.25, 0.3) is 0 Å². The van der Waals surface area contributed by atoms with Crippen molar-refractivity contribution < 1.29 is 0 Å². The van der Waals surface area contributed by atoms with Gasteiger partial charge in [-0.25, -0.2) is 9.97 Å². The Morgan fingerprint density at radius 3 is 1.52 bits per heavy atom. The van der Waals surface area contributed by atoms with Gasteiger partial charge in [-0.05, 0) is 73.8 Å². The molecule has 48 heavy (non-hydrogen) atoms. The van der Waals surface area contributed by atoms with E-state index in [2.05, 4.69) is 164 Å². The lowest BCUT2D eigenvalue weighted by Crippen LogP contribution is -1.96. The average Bonchev–Trinajstić information content (AvgIpc) is 3.17. The van der Waals surface area contributed by atoms with Gasteiger partial charge < -0.3 is 0 Å². The molecule has 0 amide bonds. The van der Waals surface area contributed by atoms with Gasteiger partial charge in [0, 0.05) is 21.9 Å². The molecule has 1 aromatic heterocycles. The second kappa shape index (κ2) is 11.8. The maximum Gasteiger partial charge on any atom is 0.160 e. The van der Waals surface area contributed by atoms with Crippen LogP contribution in [0.2, 0.25) is 0 Å². The summed E-state index contributed by atoms with van der Waals surface area (Å²) in [6, 6.07) is 64.6. The van der Waals surface area contributed by atoms with Gasteiger partial charge in [0.05, 0.1) is 11.2 Å². The van der Waals surface area contributed by atoms with Crippen LogP contribution in [0.25, 0.3) is 88.5 Å². The molecule has 8 aromatic carbocycles. The maximum absolute atomic E-state index is 5.20. The topological polar surface area (TPSA) is 25.8 Å². The Bertz CT molecular complexity index is 2610. The van der Waals surface area contributed by atoms with Crippen molar-refractivity contribution in [3.05, 3.63) is 182 Å². The fraction of sp³-hybridized carbons (Fsp3) is 0. The molecule has 0 aliphatic carbocycles. The first-order chi connectivity index (χ1) is 23.8. The third-order valence-electron chi connectivity index (χ3n) is 9.25. The summed E-state index contributed by atoms with van der Waals surface area (Å²) in [4.78, 5) is 10.3. The summed E-state index contributed by atoms with van der Waals surface area (Å²) in [7, 11) is 0. The molecule has 0 saturated heterocycles. The normalized spacial score (nSPS) is 11.3. The smallest absolute Gasteiger partial charge is 0.160 e. The first-order valence-electron chi connectivity index (χ1n) is 16.3. The van der Waals surface area contributed by atoms with E-state index in [1.54, 1.807) is 0 Å². The Kier molecular flexibility index (Phi) is 6.84. The van der Waals surface area contributed by atoms with E-state index in [4.69, 9.17) is 9.97 Å². The molecule has 0 fully saturated rings. The molecule has 0 N–H and O–H groups in total. The molecule has 9 rings (SSSR count). The van der Waals surface area contributed by atoms with E-state index >= 15 is 0 Å². The van der Waals surface area contributed by atoms with Gasteiger partial charge in [0.2, 0.25) is 0 Å². The zero-order chi connectivity index (χ0) is 31.9. The lowest BCUT2D eigenvalue weighted by atomic mass is 9.93. The van der Waals surface area contributed by atoms with Crippen LogP contribution in [-0.4, -0.2) is 9.97 Å². The largest absolute Gasteiger partial charge is 0.227 e. The summed E-state index contributed by atoms with van der Waals surface area (Å²) in [5, 5.41) is 5.87. The Labute approximate surface area is 279 Å². The molecule has 0 bridgehead atoms. The fourth-order valence-corrected chi connectivity index (χ4v) is 6.87. The van der Waals surface area contributed by atoms with Crippen LogP contribution in [0.15, 0.2) is 182 Å². The van der Waals surface area contributed by atoms with Crippen molar-refractivity contribution >= 4 is 32.4 Å². The minimum atomic E-state index is 0.730. The third kappa shape index (κ3) is 5.01. The number of aromatic nitrogens is 2. The Balaban J connectivity index is 1.15. The molecule has 9 aromatic rings. The summed E-state index contributed by atoms with van der Waals surface area (Å²) in [5.74, 6) is 0.730. The van der Waals surface area contributed by atoms with Gasteiger partial charge in [-0.15, -0.1) is 0 Å². The van der Waals surface area contributed by atoms with Crippen molar-refractivity contribution in [2.75, 3.05) is 0 Å². The summed E-state index contributed by atoms with van der Waals surface area (Å²) >= 11 is 0. The van der Waals surface area contributed by atoms with E-state index in [1.807, 2.05) is 18.2 Å². The molecule has 0 aliphatic heterocycles. The van der Waals surface area contributed by atoms with Crippen LogP contribution >= 0.6 is 0 Å². The second-order valence-corrected chi connectivity index (χ2v) is 12.2. The maximum atomic E-state index is 5.20. The van der Waals surface area contributed by atoms with E-state index in [1.165, 1.54) is 38.4 Å². The first-order valence-corrected chi connectivity index (χ1v) is 16.3. The minimum Gasteiger partial charge on any atom is -0.227 e. The van der Waals surface area contributed by atoms with Crippen molar-refractivity contribution in [1.29, 1.82) is 0 Å². The minimum absolute atomic E-state index is 0.730. The van der Waals surface area contributed by atoms with Gasteiger partial charge in [-0.1, -0.05) is 158 Å². The Morgan fingerprint density at radius 1 is 0.292 bits per heavy atom. The van der Waals surface area contributed by atoms with Crippen molar-refractivity contribution in [3.63, 3.8) is 0 Å². The lowest BCUT2D eigenvalue weighted by molar-refractivity contribution is 1.23. The predicted octanol–water partition coefficient (Wildman–Crippen LogP) is 12.3. The zero-order valence-electron chi connectivity index (χ0n) is 26.2. The van der Waals surface area contributed by atoms with Crippen LogP contribution in [-0.2, 0) is 0 Å². The Morgan fingerprint density at radius 2 is 0.792 bits per heavy atom. The second-order valence-electron chi connectivity index (χ2n) is 12.2. The van der Waals surface area contributed by atoms with Crippen molar-refractivity contribution in [1.82, 2.24) is 9.97 Å². The van der Waals surface area contributed by atoms with E-state index in [9.17, 15) is 0 Å². The highest BCUT2D eigenvalue weighted by molar-refractivity contribution is 6.10. The van der Waals surface area contributed by atoms with Gasteiger partial charge in [0.15, 0.2) is 5.82 Å². The number of hydrogen-bond donors (Lipinski definition) is 0. The van der Waals surface area contributed by atoms with Gasteiger partial charge in [0.1, 0.15) is 0 Å².